The first kappa shape index (κ1) is 19.9. The molecule has 0 radical (unpaired) electrons. The fourth-order valence-electron chi connectivity index (χ4n) is 2.76. The van der Waals surface area contributed by atoms with Gasteiger partial charge in [-0.3, -0.25) is 15.0 Å². The Hall–Kier alpha value is -2.88. The third-order valence-corrected chi connectivity index (χ3v) is 5.63. The van der Waals surface area contributed by atoms with Gasteiger partial charge in [0.25, 0.3) is 21.5 Å². The highest BCUT2D eigenvalue weighted by Crippen LogP contribution is 2.26. The number of carbonyl (C=O) groups excluding carboxylic acids is 1. The van der Waals surface area contributed by atoms with Crippen molar-refractivity contribution in [1.82, 2.24) is 14.8 Å². The summed E-state index contributed by atoms with van der Waals surface area (Å²) < 4.78 is 25.9. The molecule has 0 saturated heterocycles. The smallest absolute Gasteiger partial charge is 0.275 e. The second-order valence-electron chi connectivity index (χ2n) is 5.80. The number of nitrogens with one attached hydrogen (secondary N) is 2. The summed E-state index contributed by atoms with van der Waals surface area (Å²) in [6.45, 7) is 1.98. The van der Waals surface area contributed by atoms with Gasteiger partial charge in [0.15, 0.2) is 0 Å². The molecule has 0 aliphatic carbocycles. The predicted octanol–water partition coefficient (Wildman–Crippen LogP) is 2.00. The first-order chi connectivity index (χ1) is 13.3. The molecule has 0 saturated carbocycles. The summed E-state index contributed by atoms with van der Waals surface area (Å²) in [6.07, 6.45) is 0. The van der Waals surface area contributed by atoms with Crippen LogP contribution in [0.25, 0.3) is 10.9 Å². The van der Waals surface area contributed by atoms with Crippen molar-refractivity contribution in [3.63, 3.8) is 0 Å². The number of pyridine rings is 1. The van der Waals surface area contributed by atoms with Crippen LogP contribution in [-0.2, 0) is 16.6 Å². The number of halogens is 1. The molecule has 0 unspecified atom stereocenters. The van der Waals surface area contributed by atoms with Crippen LogP contribution in [-0.4, -0.2) is 24.0 Å². The Balaban J connectivity index is 1.96. The molecule has 8 nitrogen and oxygen atoms in total. The minimum absolute atomic E-state index is 0.133. The lowest BCUT2D eigenvalue weighted by molar-refractivity contribution is 0.0940. The zero-order chi connectivity index (χ0) is 20.5. The Bertz CT molecular complexity index is 1220. The molecular formula is C18H16ClN3O5S. The van der Waals surface area contributed by atoms with E-state index in [1.165, 1.54) is 28.8 Å². The third-order valence-electron chi connectivity index (χ3n) is 4.11. The quantitative estimate of drug-likeness (QED) is 0.545. The molecule has 3 N–H and O–H groups in total. The molecule has 0 atom stereocenters. The number of hydrogen-bond donors (Lipinski definition) is 3. The van der Waals surface area contributed by atoms with Crippen molar-refractivity contribution in [2.75, 3.05) is 0 Å². The van der Waals surface area contributed by atoms with Crippen molar-refractivity contribution >= 4 is 38.4 Å². The number of fused-ring (bicyclic) bond motifs is 1. The number of hydrogen-bond acceptors (Lipinski definition) is 5. The lowest BCUT2D eigenvalue weighted by Crippen LogP contribution is -2.44. The van der Waals surface area contributed by atoms with Crippen LogP contribution in [0.3, 0.4) is 0 Å². The van der Waals surface area contributed by atoms with E-state index < -0.39 is 32.8 Å². The van der Waals surface area contributed by atoms with E-state index >= 15 is 0 Å². The maximum atomic E-state index is 12.7. The van der Waals surface area contributed by atoms with Crippen LogP contribution in [0.5, 0.6) is 5.75 Å². The maximum absolute atomic E-state index is 12.7. The van der Waals surface area contributed by atoms with Crippen LogP contribution in [0.15, 0.2) is 58.2 Å². The highest BCUT2D eigenvalue weighted by atomic mass is 35.5. The Morgan fingerprint density at radius 3 is 2.43 bits per heavy atom. The molecule has 1 aromatic heterocycles. The van der Waals surface area contributed by atoms with Gasteiger partial charge in [0, 0.05) is 17.0 Å². The van der Waals surface area contributed by atoms with Gasteiger partial charge >= 0.3 is 0 Å². The second-order valence-corrected chi connectivity index (χ2v) is 7.92. The number of aromatic nitrogens is 1. The van der Waals surface area contributed by atoms with Crippen molar-refractivity contribution in [2.24, 2.45) is 0 Å². The summed E-state index contributed by atoms with van der Waals surface area (Å²) in [5.74, 6) is -1.60. The van der Waals surface area contributed by atoms with E-state index in [1.807, 2.05) is 10.3 Å². The van der Waals surface area contributed by atoms with E-state index in [4.69, 9.17) is 11.6 Å². The number of aromatic hydroxyl groups is 1. The molecule has 0 fully saturated rings. The topological polar surface area (TPSA) is 118 Å². The van der Waals surface area contributed by atoms with E-state index in [9.17, 15) is 23.1 Å². The Labute approximate surface area is 165 Å². The lowest BCUT2D eigenvalue weighted by atomic mass is 10.1. The van der Waals surface area contributed by atoms with Crippen LogP contribution >= 0.6 is 11.6 Å². The van der Waals surface area contributed by atoms with Gasteiger partial charge in [-0.05, 0) is 43.3 Å². The van der Waals surface area contributed by atoms with Crippen LogP contribution < -0.4 is 15.8 Å². The first-order valence-electron chi connectivity index (χ1n) is 8.18. The largest absolute Gasteiger partial charge is 0.506 e. The number of nitrogens with zero attached hydrogens (tertiary/aromatic N) is 1. The number of rotatable bonds is 5. The van der Waals surface area contributed by atoms with E-state index in [0.29, 0.717) is 15.9 Å². The monoisotopic (exact) mass is 421 g/mol. The van der Waals surface area contributed by atoms with Gasteiger partial charge < -0.3 is 9.67 Å². The number of aryl methyl sites for hydroxylation is 1. The molecule has 28 heavy (non-hydrogen) atoms. The molecular weight excluding hydrogens is 406 g/mol. The number of para-hydroxylation sites is 1. The molecule has 2 aromatic carbocycles. The number of benzene rings is 2. The molecule has 1 heterocycles. The predicted molar refractivity (Wildman–Crippen MR) is 105 cm³/mol. The van der Waals surface area contributed by atoms with Gasteiger partial charge in [-0.15, -0.1) is 4.83 Å². The lowest BCUT2D eigenvalue weighted by Gasteiger charge is -2.14. The van der Waals surface area contributed by atoms with Gasteiger partial charge in [-0.2, -0.15) is 0 Å². The molecule has 0 aliphatic rings. The third kappa shape index (κ3) is 3.59. The summed E-state index contributed by atoms with van der Waals surface area (Å²) >= 11 is 5.73. The average molecular weight is 422 g/mol. The molecule has 0 aliphatic heterocycles. The number of sulfonamides is 1. The van der Waals surface area contributed by atoms with Gasteiger partial charge in [0.2, 0.25) is 0 Å². The first-order valence-corrected chi connectivity index (χ1v) is 10.0. The highest BCUT2D eigenvalue weighted by molar-refractivity contribution is 7.89. The Morgan fingerprint density at radius 2 is 1.79 bits per heavy atom. The molecule has 146 valence electrons. The van der Waals surface area contributed by atoms with Gasteiger partial charge in [-0.1, -0.05) is 23.7 Å². The van der Waals surface area contributed by atoms with Crippen LogP contribution in [0.1, 0.15) is 17.3 Å². The molecule has 10 heteroatoms. The summed E-state index contributed by atoms with van der Waals surface area (Å²) in [5.41, 5.74) is 1.14. The van der Waals surface area contributed by atoms with Gasteiger partial charge in [0.1, 0.15) is 11.3 Å². The summed E-state index contributed by atoms with van der Waals surface area (Å²) in [5, 5.41) is 11.1. The minimum Gasteiger partial charge on any atom is -0.506 e. The van der Waals surface area contributed by atoms with Crippen molar-refractivity contribution in [2.45, 2.75) is 18.4 Å². The zero-order valence-electron chi connectivity index (χ0n) is 14.6. The maximum Gasteiger partial charge on any atom is 0.275 e. The minimum atomic E-state index is -4.10. The second kappa shape index (κ2) is 7.63. The van der Waals surface area contributed by atoms with Crippen molar-refractivity contribution in [1.29, 1.82) is 0 Å². The summed E-state index contributed by atoms with van der Waals surface area (Å²) in [4.78, 5) is 26.9. The number of amides is 1. The highest BCUT2D eigenvalue weighted by Gasteiger charge is 2.23. The van der Waals surface area contributed by atoms with Gasteiger partial charge in [0.05, 0.1) is 10.4 Å². The van der Waals surface area contributed by atoms with E-state index in [1.54, 1.807) is 31.2 Å². The standard InChI is InChI=1S/C18H16ClN3O5S/c1-2-22-14-6-4-3-5-13(14)16(23)15(18(22)25)17(24)20-21-28(26,27)12-9-7-11(19)8-10-12/h3-10,21,23H,2H2,1H3,(H,20,24). The molecule has 1 amide bonds. The van der Waals surface area contributed by atoms with E-state index in [0.717, 1.165) is 0 Å². The van der Waals surface area contributed by atoms with Crippen LogP contribution in [0.2, 0.25) is 5.02 Å². The molecule has 0 bridgehead atoms. The van der Waals surface area contributed by atoms with E-state index in [-0.39, 0.29) is 11.4 Å². The normalized spacial score (nSPS) is 11.5. The summed E-state index contributed by atoms with van der Waals surface area (Å²) in [6, 6.07) is 11.8. The SMILES string of the molecule is CCn1c(=O)c(C(=O)NNS(=O)(=O)c2ccc(Cl)cc2)c(O)c2ccccc21. The fraction of sp³-hybridized carbons (Fsp3) is 0.111. The average Bonchev–Trinajstić information content (AvgIpc) is 2.67. The number of carbonyl (C=O) groups is 1. The van der Waals surface area contributed by atoms with Crippen LogP contribution in [0.4, 0.5) is 0 Å². The van der Waals surface area contributed by atoms with Gasteiger partial charge in [-0.25, -0.2) is 8.42 Å². The Kier molecular flexibility index (Phi) is 5.41. The Morgan fingerprint density at radius 1 is 1.14 bits per heavy atom. The fourth-order valence-corrected chi connectivity index (χ4v) is 3.72. The van der Waals surface area contributed by atoms with Crippen molar-refractivity contribution < 1.29 is 18.3 Å². The zero-order valence-corrected chi connectivity index (χ0v) is 16.2. The van der Waals surface area contributed by atoms with E-state index in [2.05, 4.69) is 0 Å². The van der Waals surface area contributed by atoms with Crippen molar-refractivity contribution in [3.8, 4) is 5.75 Å². The molecule has 0 spiro atoms. The molecule has 3 aromatic rings. The van der Waals surface area contributed by atoms with Crippen LogP contribution in [0, 0.1) is 0 Å². The molecule has 3 rings (SSSR count). The summed E-state index contributed by atoms with van der Waals surface area (Å²) in [7, 11) is -4.10. The van der Waals surface area contributed by atoms with Crippen molar-refractivity contribution in [3.05, 3.63) is 69.5 Å². The number of hydrazine groups is 1.